The Kier molecular flexibility index (Phi) is 4.49. The van der Waals surface area contributed by atoms with Gasteiger partial charge in [-0.1, -0.05) is 11.6 Å². The molecule has 1 aliphatic rings. The largest absolute Gasteiger partial charge is 0.396 e. The molecule has 1 atom stereocenters. The van der Waals surface area contributed by atoms with Gasteiger partial charge in [-0.3, -0.25) is 0 Å². The fourth-order valence-electron chi connectivity index (χ4n) is 2.37. The number of nitrogens with two attached hydrogens (primary N) is 1. The van der Waals surface area contributed by atoms with E-state index in [4.69, 9.17) is 22.1 Å². The van der Waals surface area contributed by atoms with Crippen molar-refractivity contribution in [2.45, 2.75) is 43.2 Å². The topological polar surface area (TPSA) is 81.4 Å². The second-order valence-corrected chi connectivity index (χ2v) is 7.81. The average molecular weight is 337 g/mol. The third kappa shape index (κ3) is 3.85. The van der Waals surface area contributed by atoms with Crippen molar-refractivity contribution in [1.82, 2.24) is 4.72 Å². The van der Waals surface area contributed by atoms with E-state index in [9.17, 15) is 12.8 Å². The minimum absolute atomic E-state index is 0.194. The molecule has 0 aromatic heterocycles. The molecule has 1 unspecified atom stereocenters. The number of halogens is 2. The van der Waals surface area contributed by atoms with Gasteiger partial charge >= 0.3 is 0 Å². The number of sulfonamides is 1. The Morgan fingerprint density at radius 1 is 1.48 bits per heavy atom. The van der Waals surface area contributed by atoms with Crippen LogP contribution in [0.25, 0.3) is 0 Å². The van der Waals surface area contributed by atoms with E-state index in [1.807, 2.05) is 13.8 Å². The molecule has 3 N–H and O–H groups in total. The smallest absolute Gasteiger partial charge is 0.242 e. The van der Waals surface area contributed by atoms with Crippen molar-refractivity contribution in [2.24, 2.45) is 0 Å². The van der Waals surface area contributed by atoms with Crippen molar-refractivity contribution in [2.75, 3.05) is 12.3 Å². The summed E-state index contributed by atoms with van der Waals surface area (Å²) in [6.45, 7) is 4.27. The highest BCUT2D eigenvalue weighted by Crippen LogP contribution is 2.29. The molecule has 0 bridgehead atoms. The van der Waals surface area contributed by atoms with Crippen LogP contribution in [-0.4, -0.2) is 26.7 Å². The van der Waals surface area contributed by atoms with Crippen LogP contribution in [0.3, 0.4) is 0 Å². The van der Waals surface area contributed by atoms with Gasteiger partial charge in [0.15, 0.2) is 0 Å². The first-order valence-electron chi connectivity index (χ1n) is 6.51. The van der Waals surface area contributed by atoms with E-state index in [-0.39, 0.29) is 21.6 Å². The second kappa shape index (κ2) is 5.72. The number of hydrogen-bond acceptors (Lipinski definition) is 4. The van der Waals surface area contributed by atoms with Crippen LogP contribution < -0.4 is 10.5 Å². The summed E-state index contributed by atoms with van der Waals surface area (Å²) in [6, 6.07) is 1.67. The van der Waals surface area contributed by atoms with E-state index < -0.39 is 21.4 Å². The van der Waals surface area contributed by atoms with E-state index in [0.29, 0.717) is 19.4 Å². The van der Waals surface area contributed by atoms with Crippen molar-refractivity contribution in [3.63, 3.8) is 0 Å². The number of benzene rings is 1. The molecular formula is C13H18ClFN2O3S. The predicted molar refractivity (Wildman–Crippen MR) is 79.2 cm³/mol. The van der Waals surface area contributed by atoms with Crippen LogP contribution in [0.2, 0.25) is 5.02 Å². The van der Waals surface area contributed by atoms with Crippen LogP contribution in [0.5, 0.6) is 0 Å². The minimum Gasteiger partial charge on any atom is -0.396 e. The van der Waals surface area contributed by atoms with Crippen LogP contribution in [0.1, 0.15) is 26.7 Å². The van der Waals surface area contributed by atoms with Gasteiger partial charge in [0.1, 0.15) is 10.7 Å². The van der Waals surface area contributed by atoms with E-state index in [1.165, 1.54) is 0 Å². The number of ether oxygens (including phenoxy) is 1. The zero-order chi connectivity index (χ0) is 15.8. The van der Waals surface area contributed by atoms with Gasteiger partial charge in [-0.2, -0.15) is 0 Å². The summed E-state index contributed by atoms with van der Waals surface area (Å²) < 4.78 is 46.2. The third-order valence-corrected chi connectivity index (χ3v) is 5.34. The van der Waals surface area contributed by atoms with Crippen molar-refractivity contribution in [3.05, 3.63) is 23.0 Å². The highest BCUT2D eigenvalue weighted by molar-refractivity contribution is 7.89. The molecule has 0 spiro atoms. The van der Waals surface area contributed by atoms with E-state index in [0.717, 1.165) is 12.1 Å². The van der Waals surface area contributed by atoms with Gasteiger partial charge in [-0.15, -0.1) is 0 Å². The molecule has 0 radical (unpaired) electrons. The summed E-state index contributed by atoms with van der Waals surface area (Å²) in [6.07, 6.45) is 1.11. The van der Waals surface area contributed by atoms with Crippen molar-refractivity contribution < 1.29 is 17.5 Å². The molecular weight excluding hydrogens is 319 g/mol. The molecule has 118 valence electrons. The Morgan fingerprint density at radius 3 is 2.76 bits per heavy atom. The Morgan fingerprint density at radius 2 is 2.14 bits per heavy atom. The highest BCUT2D eigenvalue weighted by Gasteiger charge is 2.32. The fourth-order valence-corrected chi connectivity index (χ4v) is 4.19. The summed E-state index contributed by atoms with van der Waals surface area (Å²) in [5.41, 5.74) is 4.77. The quantitative estimate of drug-likeness (QED) is 0.830. The number of nitrogens with one attached hydrogen (secondary N) is 1. The number of hydrogen-bond donors (Lipinski definition) is 2. The summed E-state index contributed by atoms with van der Waals surface area (Å²) in [5.74, 6) is -0.744. The van der Waals surface area contributed by atoms with Gasteiger partial charge in [-0.05, 0) is 38.8 Å². The molecule has 1 aliphatic heterocycles. The summed E-state index contributed by atoms with van der Waals surface area (Å²) in [4.78, 5) is -0.215. The molecule has 5 nitrogen and oxygen atoms in total. The standard InChI is InChI=1S/C13H18ClFN2O3S/c1-13(2)7-8(3-4-20-13)17-21(18,19)12-6-11(16)10(15)5-9(12)14/h5-6,8,17H,3-4,7,16H2,1-2H3. The lowest BCUT2D eigenvalue weighted by atomic mass is 9.95. The summed E-state index contributed by atoms with van der Waals surface area (Å²) in [5, 5.41) is -0.194. The van der Waals surface area contributed by atoms with E-state index in [1.54, 1.807) is 0 Å². The molecule has 1 fully saturated rings. The lowest BCUT2D eigenvalue weighted by Crippen LogP contribution is -2.45. The van der Waals surface area contributed by atoms with E-state index in [2.05, 4.69) is 4.72 Å². The molecule has 1 heterocycles. The summed E-state index contributed by atoms with van der Waals surface area (Å²) in [7, 11) is -3.86. The van der Waals surface area contributed by atoms with Crippen LogP contribution in [0, 0.1) is 5.82 Å². The van der Waals surface area contributed by atoms with Crippen LogP contribution in [-0.2, 0) is 14.8 Å². The average Bonchev–Trinajstić information content (AvgIpc) is 2.31. The zero-order valence-electron chi connectivity index (χ0n) is 11.8. The Hall–Kier alpha value is -0.890. The maximum atomic E-state index is 13.3. The molecule has 21 heavy (non-hydrogen) atoms. The Labute approximate surface area is 128 Å². The number of nitrogen functional groups attached to an aromatic ring is 1. The molecule has 1 saturated heterocycles. The van der Waals surface area contributed by atoms with Crippen LogP contribution in [0.15, 0.2) is 17.0 Å². The van der Waals surface area contributed by atoms with Gasteiger partial charge in [0.2, 0.25) is 10.0 Å². The van der Waals surface area contributed by atoms with E-state index >= 15 is 0 Å². The van der Waals surface area contributed by atoms with Crippen LogP contribution >= 0.6 is 11.6 Å². The number of anilines is 1. The minimum atomic E-state index is -3.86. The van der Waals surface area contributed by atoms with Gasteiger partial charge < -0.3 is 10.5 Å². The lowest BCUT2D eigenvalue weighted by Gasteiger charge is -2.35. The normalized spacial score (nSPS) is 22.2. The number of rotatable bonds is 3. The first-order chi connectivity index (χ1) is 9.61. The van der Waals surface area contributed by atoms with Gasteiger partial charge in [-0.25, -0.2) is 17.5 Å². The Balaban J connectivity index is 2.25. The predicted octanol–water partition coefficient (Wildman–Crippen LogP) is 2.30. The fraction of sp³-hybridized carbons (Fsp3) is 0.538. The third-order valence-electron chi connectivity index (χ3n) is 3.36. The van der Waals surface area contributed by atoms with Gasteiger partial charge in [0.25, 0.3) is 0 Å². The van der Waals surface area contributed by atoms with Crippen molar-refractivity contribution in [1.29, 1.82) is 0 Å². The summed E-state index contributed by atoms with van der Waals surface area (Å²) >= 11 is 5.82. The first kappa shape index (κ1) is 16.5. The van der Waals surface area contributed by atoms with Gasteiger partial charge in [0.05, 0.1) is 16.3 Å². The second-order valence-electron chi connectivity index (χ2n) is 5.72. The van der Waals surface area contributed by atoms with Crippen molar-refractivity contribution in [3.8, 4) is 0 Å². The molecule has 8 heteroatoms. The molecule has 1 aromatic rings. The molecule has 0 saturated carbocycles. The zero-order valence-corrected chi connectivity index (χ0v) is 13.4. The Bertz CT molecular complexity index is 649. The monoisotopic (exact) mass is 336 g/mol. The molecule has 0 aliphatic carbocycles. The molecule has 2 rings (SSSR count). The van der Waals surface area contributed by atoms with Crippen LogP contribution in [0.4, 0.5) is 10.1 Å². The van der Waals surface area contributed by atoms with Crippen molar-refractivity contribution >= 4 is 27.3 Å². The lowest BCUT2D eigenvalue weighted by molar-refractivity contribution is -0.0599. The molecule has 1 aromatic carbocycles. The molecule has 0 amide bonds. The SMILES string of the molecule is CC1(C)CC(NS(=O)(=O)c2cc(N)c(F)cc2Cl)CCO1. The first-order valence-corrected chi connectivity index (χ1v) is 8.38. The maximum Gasteiger partial charge on any atom is 0.242 e. The van der Waals surface area contributed by atoms with Gasteiger partial charge in [0, 0.05) is 12.6 Å². The highest BCUT2D eigenvalue weighted by atomic mass is 35.5. The maximum absolute atomic E-state index is 13.3.